The minimum Gasteiger partial charge on any atom is -0.375 e. The minimum atomic E-state index is -0.212. The van der Waals surface area contributed by atoms with Crippen molar-refractivity contribution < 1.29 is 14.3 Å². The summed E-state index contributed by atoms with van der Waals surface area (Å²) < 4.78 is 4.93. The summed E-state index contributed by atoms with van der Waals surface area (Å²) in [5.41, 5.74) is 2.14. The number of hydrogen-bond acceptors (Lipinski definition) is 4. The zero-order chi connectivity index (χ0) is 16.4. The highest BCUT2D eigenvalue weighted by Gasteiger charge is 2.49. The zero-order valence-electron chi connectivity index (χ0n) is 13.6. The van der Waals surface area contributed by atoms with E-state index in [1.54, 1.807) is 11.8 Å². The fourth-order valence-electron chi connectivity index (χ4n) is 3.31. The van der Waals surface area contributed by atoms with Gasteiger partial charge in [-0.15, -0.1) is 11.8 Å². The fourth-order valence-corrected chi connectivity index (χ4v) is 4.64. The van der Waals surface area contributed by atoms with Crippen LogP contribution < -0.4 is 4.90 Å². The highest BCUT2D eigenvalue weighted by Crippen LogP contribution is 2.46. The largest absolute Gasteiger partial charge is 0.375 e. The third kappa shape index (κ3) is 3.10. The lowest BCUT2D eigenvalue weighted by Crippen LogP contribution is -2.53. The number of hydrogen-bond donors (Lipinski definition) is 0. The van der Waals surface area contributed by atoms with Crippen molar-refractivity contribution in [3.63, 3.8) is 0 Å². The van der Waals surface area contributed by atoms with Gasteiger partial charge in [-0.1, -0.05) is 17.7 Å². The molecule has 0 N–H and O–H groups in total. The molecule has 0 aliphatic carbocycles. The van der Waals surface area contributed by atoms with Crippen LogP contribution in [0.3, 0.4) is 0 Å². The molecule has 1 spiro atoms. The third-order valence-corrected chi connectivity index (χ3v) is 6.10. The van der Waals surface area contributed by atoms with Crippen molar-refractivity contribution in [2.45, 2.75) is 24.6 Å². The number of nitrogens with zero attached hydrogens (tertiary/aromatic N) is 2. The van der Waals surface area contributed by atoms with E-state index >= 15 is 0 Å². The van der Waals surface area contributed by atoms with Crippen molar-refractivity contribution in [3.8, 4) is 0 Å². The van der Waals surface area contributed by atoms with Gasteiger partial charge in [-0.3, -0.25) is 14.5 Å². The van der Waals surface area contributed by atoms with Crippen LogP contribution in [-0.2, 0) is 14.3 Å². The molecule has 23 heavy (non-hydrogen) atoms. The summed E-state index contributed by atoms with van der Waals surface area (Å²) in [4.78, 5) is 28.0. The normalized spacial score (nSPS) is 20.3. The number of carbonyl (C=O) groups excluding carboxylic acids is 2. The molecule has 0 saturated carbocycles. The summed E-state index contributed by atoms with van der Waals surface area (Å²) in [6, 6.07) is 8.11. The quantitative estimate of drug-likeness (QED) is 0.849. The van der Waals surface area contributed by atoms with Crippen molar-refractivity contribution in [3.05, 3.63) is 29.8 Å². The minimum absolute atomic E-state index is 0.0264. The molecular weight excluding hydrogens is 312 g/mol. The van der Waals surface area contributed by atoms with Crippen LogP contribution in [-0.4, -0.2) is 54.1 Å². The summed E-state index contributed by atoms with van der Waals surface area (Å²) in [5, 5.41) is 0. The maximum Gasteiger partial charge on any atom is 0.248 e. The van der Waals surface area contributed by atoms with Gasteiger partial charge in [-0.2, -0.15) is 0 Å². The van der Waals surface area contributed by atoms with Crippen LogP contribution in [0.4, 0.5) is 5.69 Å². The molecule has 3 rings (SSSR count). The first-order chi connectivity index (χ1) is 11.1. The highest BCUT2D eigenvalue weighted by molar-refractivity contribution is 8.02. The number of piperidine rings is 1. The number of amides is 2. The van der Waals surface area contributed by atoms with Crippen molar-refractivity contribution in [2.75, 3.05) is 37.5 Å². The molecule has 1 aromatic carbocycles. The van der Waals surface area contributed by atoms with Crippen LogP contribution >= 0.6 is 11.8 Å². The standard InChI is InChI=1S/C17H22N2O3S/c1-13-3-5-14(6-4-13)19-16(21)12-23-17(19)7-9-18(10-8-17)15(20)11-22-2/h3-6H,7-12H2,1-2H3. The van der Waals surface area contributed by atoms with Crippen molar-refractivity contribution >= 4 is 29.3 Å². The molecule has 0 atom stereocenters. The Morgan fingerprint density at radius 1 is 1.26 bits per heavy atom. The summed E-state index contributed by atoms with van der Waals surface area (Å²) in [6.07, 6.45) is 1.60. The van der Waals surface area contributed by atoms with E-state index in [0.29, 0.717) is 18.8 Å². The molecule has 5 nitrogen and oxygen atoms in total. The summed E-state index contributed by atoms with van der Waals surface area (Å²) in [7, 11) is 1.54. The topological polar surface area (TPSA) is 49.9 Å². The Morgan fingerprint density at radius 3 is 2.52 bits per heavy atom. The molecule has 2 heterocycles. The molecule has 2 amide bonds. The first kappa shape index (κ1) is 16.3. The first-order valence-electron chi connectivity index (χ1n) is 7.86. The van der Waals surface area contributed by atoms with E-state index < -0.39 is 0 Å². The van der Waals surface area contributed by atoms with E-state index in [-0.39, 0.29) is 23.3 Å². The number of carbonyl (C=O) groups is 2. The molecule has 124 valence electrons. The van der Waals surface area contributed by atoms with Gasteiger partial charge in [0, 0.05) is 25.9 Å². The molecule has 0 aromatic heterocycles. The molecule has 0 unspecified atom stereocenters. The number of aryl methyl sites for hydroxylation is 1. The van der Waals surface area contributed by atoms with Crippen molar-refractivity contribution in [1.29, 1.82) is 0 Å². The number of benzene rings is 1. The number of methoxy groups -OCH3 is 1. The highest BCUT2D eigenvalue weighted by atomic mass is 32.2. The van der Waals surface area contributed by atoms with Gasteiger partial charge in [0.15, 0.2) is 0 Å². The SMILES string of the molecule is COCC(=O)N1CCC2(CC1)SCC(=O)N2c1ccc(C)cc1. The van der Waals surface area contributed by atoms with Crippen LogP contribution in [0.1, 0.15) is 18.4 Å². The van der Waals surface area contributed by atoms with E-state index in [0.717, 1.165) is 18.5 Å². The van der Waals surface area contributed by atoms with Gasteiger partial charge in [0.05, 0.1) is 10.6 Å². The van der Waals surface area contributed by atoms with Gasteiger partial charge in [0.25, 0.3) is 0 Å². The molecule has 2 aliphatic heterocycles. The molecule has 1 aromatic rings. The monoisotopic (exact) mass is 334 g/mol. The molecular formula is C17H22N2O3S. The zero-order valence-corrected chi connectivity index (χ0v) is 14.4. The second-order valence-electron chi connectivity index (χ2n) is 6.11. The van der Waals surface area contributed by atoms with Gasteiger partial charge in [0.2, 0.25) is 11.8 Å². The lowest BCUT2D eigenvalue weighted by Gasteiger charge is -2.44. The van der Waals surface area contributed by atoms with E-state index in [1.807, 2.05) is 41.0 Å². The predicted molar refractivity (Wildman–Crippen MR) is 91.5 cm³/mol. The van der Waals surface area contributed by atoms with Crippen LogP contribution in [0.25, 0.3) is 0 Å². The molecule has 0 bridgehead atoms. The Balaban J connectivity index is 1.77. The average molecular weight is 334 g/mol. The lowest BCUT2D eigenvalue weighted by molar-refractivity contribution is -0.136. The Morgan fingerprint density at radius 2 is 1.91 bits per heavy atom. The Kier molecular flexibility index (Phi) is 4.64. The van der Waals surface area contributed by atoms with E-state index in [9.17, 15) is 9.59 Å². The third-order valence-electron chi connectivity index (χ3n) is 4.58. The summed E-state index contributed by atoms with van der Waals surface area (Å²) in [5.74, 6) is 0.703. The maximum atomic E-state index is 12.5. The summed E-state index contributed by atoms with van der Waals surface area (Å²) in [6.45, 7) is 3.51. The second kappa shape index (κ2) is 6.53. The van der Waals surface area contributed by atoms with Gasteiger partial charge in [-0.05, 0) is 31.9 Å². The molecule has 0 radical (unpaired) electrons. The molecule has 2 aliphatic rings. The number of likely N-dealkylation sites (tertiary alicyclic amines) is 1. The number of ether oxygens (including phenoxy) is 1. The van der Waals surface area contributed by atoms with Crippen molar-refractivity contribution in [2.24, 2.45) is 0 Å². The van der Waals surface area contributed by atoms with Gasteiger partial charge >= 0.3 is 0 Å². The van der Waals surface area contributed by atoms with Crippen LogP contribution in [0.2, 0.25) is 0 Å². The Hall–Kier alpha value is -1.53. The fraction of sp³-hybridized carbons (Fsp3) is 0.529. The Bertz CT molecular complexity index is 594. The average Bonchev–Trinajstić information content (AvgIpc) is 2.86. The van der Waals surface area contributed by atoms with Gasteiger partial charge in [0.1, 0.15) is 6.61 Å². The number of thioether (sulfide) groups is 1. The number of anilines is 1. The van der Waals surface area contributed by atoms with Crippen LogP contribution in [0, 0.1) is 6.92 Å². The molecule has 2 saturated heterocycles. The van der Waals surface area contributed by atoms with Crippen molar-refractivity contribution in [1.82, 2.24) is 4.90 Å². The smallest absolute Gasteiger partial charge is 0.248 e. The number of rotatable bonds is 3. The van der Waals surface area contributed by atoms with Crippen LogP contribution in [0.15, 0.2) is 24.3 Å². The second-order valence-corrected chi connectivity index (χ2v) is 7.45. The first-order valence-corrected chi connectivity index (χ1v) is 8.85. The van der Waals surface area contributed by atoms with E-state index in [1.165, 1.54) is 12.7 Å². The van der Waals surface area contributed by atoms with Gasteiger partial charge in [-0.25, -0.2) is 0 Å². The predicted octanol–water partition coefficient (Wildman–Crippen LogP) is 2.04. The Labute approximate surface area is 141 Å². The van der Waals surface area contributed by atoms with E-state index in [2.05, 4.69) is 0 Å². The van der Waals surface area contributed by atoms with E-state index in [4.69, 9.17) is 4.74 Å². The molecule has 6 heteroatoms. The molecule has 2 fully saturated rings. The summed E-state index contributed by atoms with van der Waals surface area (Å²) >= 11 is 1.72. The van der Waals surface area contributed by atoms with Gasteiger partial charge < -0.3 is 9.64 Å². The van der Waals surface area contributed by atoms with Crippen LogP contribution in [0.5, 0.6) is 0 Å². The maximum absolute atomic E-state index is 12.5. The lowest BCUT2D eigenvalue weighted by atomic mass is 10.0.